The van der Waals surface area contributed by atoms with Gasteiger partial charge in [-0.25, -0.2) is 0 Å². The zero-order valence-corrected chi connectivity index (χ0v) is 12.2. The van der Waals surface area contributed by atoms with Crippen molar-refractivity contribution in [3.63, 3.8) is 0 Å². The monoisotopic (exact) mass is 230 g/mol. The molecule has 0 N–H and O–H groups in total. The SMILES string of the molecule is CC(C)CC(C)(COC(C)C)COC(C)C. The van der Waals surface area contributed by atoms with Gasteiger partial charge >= 0.3 is 0 Å². The normalized spacial score (nSPS) is 13.1. The number of rotatable bonds is 8. The fourth-order valence-electron chi connectivity index (χ4n) is 1.88. The minimum Gasteiger partial charge on any atom is -0.378 e. The van der Waals surface area contributed by atoms with Crippen LogP contribution in [0, 0.1) is 11.3 Å². The molecule has 0 aromatic heterocycles. The second kappa shape index (κ2) is 7.29. The summed E-state index contributed by atoms with van der Waals surface area (Å²) in [6.45, 7) is 16.7. The molecular weight excluding hydrogens is 200 g/mol. The topological polar surface area (TPSA) is 18.5 Å². The Kier molecular flexibility index (Phi) is 7.25. The number of ether oxygens (including phenoxy) is 2. The summed E-state index contributed by atoms with van der Waals surface area (Å²) in [5.74, 6) is 0.677. The highest BCUT2D eigenvalue weighted by Gasteiger charge is 2.27. The van der Waals surface area contributed by atoms with E-state index < -0.39 is 0 Å². The Morgan fingerprint density at radius 2 is 1.19 bits per heavy atom. The van der Waals surface area contributed by atoms with Crippen LogP contribution >= 0.6 is 0 Å². The van der Waals surface area contributed by atoms with Crippen molar-refractivity contribution in [2.24, 2.45) is 11.3 Å². The highest BCUT2D eigenvalue weighted by molar-refractivity contribution is 4.76. The first-order valence-corrected chi connectivity index (χ1v) is 6.48. The van der Waals surface area contributed by atoms with Gasteiger partial charge in [0, 0.05) is 5.41 Å². The van der Waals surface area contributed by atoms with Crippen LogP contribution in [0.4, 0.5) is 0 Å². The Hall–Kier alpha value is -0.0800. The van der Waals surface area contributed by atoms with Crippen molar-refractivity contribution in [2.45, 2.75) is 67.1 Å². The Morgan fingerprint density at radius 3 is 1.44 bits per heavy atom. The van der Waals surface area contributed by atoms with Crippen LogP contribution in [0.5, 0.6) is 0 Å². The average Bonchev–Trinajstić information content (AvgIpc) is 2.11. The van der Waals surface area contributed by atoms with E-state index in [9.17, 15) is 0 Å². The molecule has 0 saturated heterocycles. The lowest BCUT2D eigenvalue weighted by molar-refractivity contribution is -0.0558. The smallest absolute Gasteiger partial charge is 0.0545 e. The summed E-state index contributed by atoms with van der Waals surface area (Å²) in [6.07, 6.45) is 1.74. The molecule has 2 nitrogen and oxygen atoms in total. The standard InChI is InChI=1S/C14H30O2/c1-11(2)8-14(7,9-15-12(3)4)10-16-13(5)6/h11-13H,8-10H2,1-7H3. The molecule has 0 atom stereocenters. The second-order valence-corrected chi connectivity index (χ2v) is 6.13. The maximum Gasteiger partial charge on any atom is 0.0545 e. The van der Waals surface area contributed by atoms with E-state index in [2.05, 4.69) is 48.5 Å². The van der Waals surface area contributed by atoms with Crippen LogP contribution in [-0.2, 0) is 9.47 Å². The van der Waals surface area contributed by atoms with E-state index in [0.29, 0.717) is 18.1 Å². The summed E-state index contributed by atoms with van der Waals surface area (Å²) in [4.78, 5) is 0. The van der Waals surface area contributed by atoms with Gasteiger partial charge in [-0.3, -0.25) is 0 Å². The number of hydrogen-bond acceptors (Lipinski definition) is 2. The zero-order valence-electron chi connectivity index (χ0n) is 12.2. The quantitative estimate of drug-likeness (QED) is 0.630. The summed E-state index contributed by atoms with van der Waals surface area (Å²) in [7, 11) is 0. The third kappa shape index (κ3) is 8.12. The Labute approximate surface area is 102 Å². The van der Waals surface area contributed by atoms with Gasteiger partial charge in [0.2, 0.25) is 0 Å². The van der Waals surface area contributed by atoms with Crippen LogP contribution in [0.2, 0.25) is 0 Å². The van der Waals surface area contributed by atoms with Crippen molar-refractivity contribution in [1.82, 2.24) is 0 Å². The van der Waals surface area contributed by atoms with Gasteiger partial charge in [0.25, 0.3) is 0 Å². The molecule has 0 fully saturated rings. The maximum atomic E-state index is 5.76. The lowest BCUT2D eigenvalue weighted by Gasteiger charge is -2.32. The lowest BCUT2D eigenvalue weighted by Crippen LogP contribution is -2.33. The molecular formula is C14H30O2. The van der Waals surface area contributed by atoms with Gasteiger partial charge in [0.05, 0.1) is 25.4 Å². The van der Waals surface area contributed by atoms with Crippen molar-refractivity contribution in [3.8, 4) is 0 Å². The van der Waals surface area contributed by atoms with Crippen LogP contribution in [0.25, 0.3) is 0 Å². The molecule has 16 heavy (non-hydrogen) atoms. The molecule has 0 unspecified atom stereocenters. The molecule has 0 radical (unpaired) electrons. The third-order valence-electron chi connectivity index (χ3n) is 2.43. The predicted octanol–water partition coefficient (Wildman–Crippen LogP) is 3.89. The third-order valence-corrected chi connectivity index (χ3v) is 2.43. The molecule has 0 heterocycles. The summed E-state index contributed by atoms with van der Waals surface area (Å²) in [5.41, 5.74) is 0.142. The van der Waals surface area contributed by atoms with Gasteiger partial charge in [-0.05, 0) is 40.0 Å². The van der Waals surface area contributed by atoms with Crippen LogP contribution in [0.1, 0.15) is 54.9 Å². The Balaban J connectivity index is 4.23. The average molecular weight is 230 g/mol. The summed E-state index contributed by atoms with van der Waals surface area (Å²) in [6, 6.07) is 0. The van der Waals surface area contributed by atoms with Gasteiger partial charge in [-0.1, -0.05) is 20.8 Å². The fraction of sp³-hybridized carbons (Fsp3) is 1.00. The van der Waals surface area contributed by atoms with Crippen molar-refractivity contribution in [3.05, 3.63) is 0 Å². The minimum absolute atomic E-state index is 0.142. The Morgan fingerprint density at radius 1 is 0.812 bits per heavy atom. The first-order valence-electron chi connectivity index (χ1n) is 6.48. The molecule has 0 aliphatic carbocycles. The van der Waals surface area contributed by atoms with Crippen LogP contribution in [0.15, 0.2) is 0 Å². The molecule has 0 aliphatic heterocycles. The maximum absolute atomic E-state index is 5.76. The van der Waals surface area contributed by atoms with Crippen molar-refractivity contribution < 1.29 is 9.47 Å². The largest absolute Gasteiger partial charge is 0.378 e. The van der Waals surface area contributed by atoms with Crippen LogP contribution < -0.4 is 0 Å². The first kappa shape index (κ1) is 15.9. The first-order chi connectivity index (χ1) is 7.25. The van der Waals surface area contributed by atoms with Gasteiger partial charge in [-0.15, -0.1) is 0 Å². The molecule has 0 amide bonds. The second-order valence-electron chi connectivity index (χ2n) is 6.13. The van der Waals surface area contributed by atoms with Crippen molar-refractivity contribution in [1.29, 1.82) is 0 Å². The summed E-state index contributed by atoms with van der Waals surface area (Å²) < 4.78 is 11.5. The van der Waals surface area contributed by atoms with Crippen molar-refractivity contribution >= 4 is 0 Å². The zero-order chi connectivity index (χ0) is 12.8. The predicted molar refractivity (Wildman–Crippen MR) is 69.7 cm³/mol. The lowest BCUT2D eigenvalue weighted by atomic mass is 9.83. The Bertz CT molecular complexity index is 162. The van der Waals surface area contributed by atoms with E-state index in [1.54, 1.807) is 0 Å². The molecule has 2 heteroatoms. The molecule has 0 aromatic rings. The summed E-state index contributed by atoms with van der Waals surface area (Å²) in [5, 5.41) is 0. The fourth-order valence-corrected chi connectivity index (χ4v) is 1.88. The highest BCUT2D eigenvalue weighted by Crippen LogP contribution is 2.27. The van der Waals surface area contributed by atoms with E-state index in [4.69, 9.17) is 9.47 Å². The minimum atomic E-state index is 0.142. The van der Waals surface area contributed by atoms with Gasteiger partial charge < -0.3 is 9.47 Å². The van der Waals surface area contributed by atoms with Crippen LogP contribution in [0.3, 0.4) is 0 Å². The molecule has 0 rings (SSSR count). The van der Waals surface area contributed by atoms with Gasteiger partial charge in [0.1, 0.15) is 0 Å². The van der Waals surface area contributed by atoms with E-state index in [1.165, 1.54) is 0 Å². The molecule has 0 spiro atoms. The van der Waals surface area contributed by atoms with E-state index >= 15 is 0 Å². The highest BCUT2D eigenvalue weighted by atomic mass is 16.5. The summed E-state index contributed by atoms with van der Waals surface area (Å²) >= 11 is 0. The molecule has 0 aromatic carbocycles. The van der Waals surface area contributed by atoms with Crippen LogP contribution in [-0.4, -0.2) is 25.4 Å². The van der Waals surface area contributed by atoms with Gasteiger partial charge in [0.15, 0.2) is 0 Å². The van der Waals surface area contributed by atoms with E-state index in [-0.39, 0.29) is 5.41 Å². The van der Waals surface area contributed by atoms with E-state index in [0.717, 1.165) is 19.6 Å². The van der Waals surface area contributed by atoms with Gasteiger partial charge in [-0.2, -0.15) is 0 Å². The van der Waals surface area contributed by atoms with E-state index in [1.807, 2.05) is 0 Å². The molecule has 0 aliphatic rings. The van der Waals surface area contributed by atoms with Crippen molar-refractivity contribution in [2.75, 3.05) is 13.2 Å². The molecule has 0 bridgehead atoms. The molecule has 0 saturated carbocycles. The molecule has 98 valence electrons. The number of hydrogen-bond donors (Lipinski definition) is 0.